The molecule has 0 unspecified atom stereocenters. The van der Waals surface area contributed by atoms with Crippen LogP contribution < -0.4 is 5.56 Å². The number of H-pyrrole nitrogens is 1. The van der Waals surface area contributed by atoms with E-state index >= 15 is 0 Å². The summed E-state index contributed by atoms with van der Waals surface area (Å²) < 4.78 is 0. The van der Waals surface area contributed by atoms with Crippen molar-refractivity contribution < 1.29 is 4.79 Å². The van der Waals surface area contributed by atoms with Gasteiger partial charge >= 0.3 is 0 Å². The SMILES string of the molecule is CCC1CCN(C(=O)c2cc[nH]c(=O)c2)CC1. The van der Waals surface area contributed by atoms with Crippen molar-refractivity contribution in [3.05, 3.63) is 34.2 Å². The molecule has 92 valence electrons. The molecule has 1 N–H and O–H groups in total. The molecule has 4 nitrogen and oxygen atoms in total. The minimum absolute atomic E-state index is 0.0225. The summed E-state index contributed by atoms with van der Waals surface area (Å²) in [5.41, 5.74) is 0.267. The Balaban J connectivity index is 2.04. The minimum Gasteiger partial charge on any atom is -0.339 e. The van der Waals surface area contributed by atoms with Gasteiger partial charge in [0.25, 0.3) is 5.91 Å². The van der Waals surface area contributed by atoms with Crippen LogP contribution in [0.5, 0.6) is 0 Å². The van der Waals surface area contributed by atoms with Gasteiger partial charge in [-0.3, -0.25) is 9.59 Å². The van der Waals surface area contributed by atoms with E-state index in [4.69, 9.17) is 0 Å². The quantitative estimate of drug-likeness (QED) is 0.845. The Hall–Kier alpha value is -1.58. The summed E-state index contributed by atoms with van der Waals surface area (Å²) in [6.07, 6.45) is 4.86. The lowest BCUT2D eigenvalue weighted by atomic mass is 9.94. The number of aromatic amines is 1. The summed E-state index contributed by atoms with van der Waals surface area (Å²) in [6.45, 7) is 3.81. The van der Waals surface area contributed by atoms with Gasteiger partial charge in [0, 0.05) is 30.9 Å². The first-order valence-electron chi connectivity index (χ1n) is 6.18. The van der Waals surface area contributed by atoms with E-state index in [1.54, 1.807) is 6.07 Å². The van der Waals surface area contributed by atoms with Crippen LogP contribution in [0.1, 0.15) is 36.5 Å². The number of nitrogens with zero attached hydrogens (tertiary/aromatic N) is 1. The third kappa shape index (κ3) is 2.75. The van der Waals surface area contributed by atoms with Crippen molar-refractivity contribution in [2.24, 2.45) is 5.92 Å². The summed E-state index contributed by atoms with van der Waals surface area (Å²) in [4.78, 5) is 27.6. The predicted octanol–water partition coefficient (Wildman–Crippen LogP) is 1.64. The molecule has 1 aliphatic rings. The van der Waals surface area contributed by atoms with E-state index in [-0.39, 0.29) is 11.5 Å². The highest BCUT2D eigenvalue weighted by molar-refractivity contribution is 5.94. The van der Waals surface area contributed by atoms with Gasteiger partial charge in [-0.25, -0.2) is 0 Å². The molecule has 2 rings (SSSR count). The zero-order valence-corrected chi connectivity index (χ0v) is 10.1. The Morgan fingerprint density at radius 1 is 1.47 bits per heavy atom. The van der Waals surface area contributed by atoms with Crippen LogP contribution in [0.3, 0.4) is 0 Å². The number of likely N-dealkylation sites (tertiary alicyclic amines) is 1. The molecule has 17 heavy (non-hydrogen) atoms. The highest BCUT2D eigenvalue weighted by Crippen LogP contribution is 2.20. The van der Waals surface area contributed by atoms with Gasteiger partial charge in [-0.1, -0.05) is 13.3 Å². The molecule has 0 saturated carbocycles. The molecule has 0 atom stereocenters. The number of carbonyl (C=O) groups is 1. The van der Waals surface area contributed by atoms with E-state index in [1.807, 2.05) is 4.90 Å². The molecule has 1 aliphatic heterocycles. The van der Waals surface area contributed by atoms with Crippen molar-refractivity contribution in [1.29, 1.82) is 0 Å². The average Bonchev–Trinajstić information content (AvgIpc) is 2.38. The van der Waals surface area contributed by atoms with E-state index in [0.717, 1.165) is 31.8 Å². The monoisotopic (exact) mass is 234 g/mol. The normalized spacial score (nSPS) is 17.1. The number of hydrogen-bond donors (Lipinski definition) is 1. The summed E-state index contributed by atoms with van der Waals surface area (Å²) in [6, 6.07) is 3.03. The number of pyridine rings is 1. The van der Waals surface area contributed by atoms with Gasteiger partial charge in [0.1, 0.15) is 0 Å². The van der Waals surface area contributed by atoms with Crippen molar-refractivity contribution >= 4 is 5.91 Å². The Kier molecular flexibility index (Phi) is 3.61. The van der Waals surface area contributed by atoms with Crippen molar-refractivity contribution in [2.75, 3.05) is 13.1 Å². The molecule has 1 aromatic heterocycles. The maximum Gasteiger partial charge on any atom is 0.254 e. The van der Waals surface area contributed by atoms with Gasteiger partial charge in [0.2, 0.25) is 5.56 Å². The van der Waals surface area contributed by atoms with Gasteiger partial charge in [-0.05, 0) is 24.8 Å². The highest BCUT2D eigenvalue weighted by Gasteiger charge is 2.22. The van der Waals surface area contributed by atoms with Crippen LogP contribution in [0, 0.1) is 5.92 Å². The number of carbonyl (C=O) groups excluding carboxylic acids is 1. The number of aromatic nitrogens is 1. The summed E-state index contributed by atoms with van der Waals surface area (Å²) in [7, 11) is 0. The summed E-state index contributed by atoms with van der Waals surface area (Å²) in [5, 5.41) is 0. The first-order chi connectivity index (χ1) is 8.20. The van der Waals surface area contributed by atoms with Crippen molar-refractivity contribution in [2.45, 2.75) is 26.2 Å². The van der Waals surface area contributed by atoms with Crippen LogP contribution in [0.15, 0.2) is 23.1 Å². The Morgan fingerprint density at radius 3 is 2.76 bits per heavy atom. The first-order valence-corrected chi connectivity index (χ1v) is 6.18. The summed E-state index contributed by atoms with van der Waals surface area (Å²) >= 11 is 0. The van der Waals surface area contributed by atoms with Crippen LogP contribution in [0.25, 0.3) is 0 Å². The second kappa shape index (κ2) is 5.17. The molecule has 0 bridgehead atoms. The van der Waals surface area contributed by atoms with Crippen LogP contribution in [0.4, 0.5) is 0 Å². The van der Waals surface area contributed by atoms with Crippen LogP contribution in [0.2, 0.25) is 0 Å². The van der Waals surface area contributed by atoms with Gasteiger partial charge in [0.05, 0.1) is 0 Å². The second-order valence-electron chi connectivity index (χ2n) is 4.59. The molecule has 0 aliphatic carbocycles. The predicted molar refractivity (Wildman–Crippen MR) is 66.0 cm³/mol. The number of amides is 1. The maximum absolute atomic E-state index is 12.1. The van der Waals surface area contributed by atoms with E-state index in [2.05, 4.69) is 11.9 Å². The largest absolute Gasteiger partial charge is 0.339 e. The zero-order chi connectivity index (χ0) is 12.3. The number of nitrogens with one attached hydrogen (secondary N) is 1. The lowest BCUT2D eigenvalue weighted by Gasteiger charge is -2.31. The third-order valence-electron chi connectivity index (χ3n) is 3.50. The fraction of sp³-hybridized carbons (Fsp3) is 0.538. The molecule has 0 spiro atoms. The van der Waals surface area contributed by atoms with Gasteiger partial charge in [-0.2, -0.15) is 0 Å². The molecule has 4 heteroatoms. The van der Waals surface area contributed by atoms with Crippen LogP contribution >= 0.6 is 0 Å². The lowest BCUT2D eigenvalue weighted by Crippen LogP contribution is -2.38. The number of hydrogen-bond acceptors (Lipinski definition) is 2. The van der Waals surface area contributed by atoms with Gasteiger partial charge < -0.3 is 9.88 Å². The summed E-state index contributed by atoms with van der Waals surface area (Å²) in [5.74, 6) is 0.726. The topological polar surface area (TPSA) is 53.2 Å². The molecule has 2 heterocycles. The standard InChI is InChI=1S/C13H18N2O2/c1-2-10-4-7-15(8-5-10)13(17)11-3-6-14-12(16)9-11/h3,6,9-10H,2,4-5,7-8H2,1H3,(H,14,16). The Bertz CT molecular complexity index is 445. The molecule has 0 radical (unpaired) electrons. The van der Waals surface area contributed by atoms with E-state index < -0.39 is 0 Å². The molecule has 1 saturated heterocycles. The molecule has 0 aromatic carbocycles. The maximum atomic E-state index is 12.1. The molecule has 1 aromatic rings. The smallest absolute Gasteiger partial charge is 0.254 e. The third-order valence-corrected chi connectivity index (χ3v) is 3.50. The molecule has 1 fully saturated rings. The van der Waals surface area contributed by atoms with E-state index in [9.17, 15) is 9.59 Å². The Labute approximate surface area is 101 Å². The minimum atomic E-state index is -0.223. The molecular formula is C13H18N2O2. The van der Waals surface area contributed by atoms with Crippen LogP contribution in [-0.4, -0.2) is 28.9 Å². The Morgan fingerprint density at radius 2 is 2.18 bits per heavy atom. The second-order valence-corrected chi connectivity index (χ2v) is 4.59. The van der Waals surface area contributed by atoms with E-state index in [1.165, 1.54) is 18.7 Å². The number of piperidine rings is 1. The van der Waals surface area contributed by atoms with Gasteiger partial charge in [0.15, 0.2) is 0 Å². The van der Waals surface area contributed by atoms with Crippen molar-refractivity contribution in [3.8, 4) is 0 Å². The fourth-order valence-electron chi connectivity index (χ4n) is 2.30. The van der Waals surface area contributed by atoms with Crippen molar-refractivity contribution in [3.63, 3.8) is 0 Å². The molecule has 1 amide bonds. The fourth-order valence-corrected chi connectivity index (χ4v) is 2.30. The van der Waals surface area contributed by atoms with Gasteiger partial charge in [-0.15, -0.1) is 0 Å². The first kappa shape index (κ1) is 11.9. The van der Waals surface area contributed by atoms with Crippen LogP contribution in [-0.2, 0) is 0 Å². The van der Waals surface area contributed by atoms with Crippen molar-refractivity contribution in [1.82, 2.24) is 9.88 Å². The lowest BCUT2D eigenvalue weighted by molar-refractivity contribution is 0.0688. The number of rotatable bonds is 2. The zero-order valence-electron chi connectivity index (χ0n) is 10.1. The highest BCUT2D eigenvalue weighted by atomic mass is 16.2. The van der Waals surface area contributed by atoms with E-state index in [0.29, 0.717) is 5.56 Å². The average molecular weight is 234 g/mol. The molecular weight excluding hydrogens is 216 g/mol.